The van der Waals surface area contributed by atoms with Gasteiger partial charge in [-0.3, -0.25) is 4.79 Å². The quantitative estimate of drug-likeness (QED) is 0.741. The van der Waals surface area contributed by atoms with Gasteiger partial charge >= 0.3 is 0 Å². The molecule has 0 saturated carbocycles. The molecule has 2 aromatic rings. The molecule has 0 aliphatic carbocycles. The van der Waals surface area contributed by atoms with Crippen LogP contribution in [0, 0.1) is 0 Å². The van der Waals surface area contributed by atoms with Crippen LogP contribution in [0.3, 0.4) is 0 Å². The number of benzene rings is 2. The Kier molecular flexibility index (Phi) is 5.52. The van der Waals surface area contributed by atoms with Gasteiger partial charge in [0.1, 0.15) is 0 Å². The third-order valence-corrected chi connectivity index (χ3v) is 5.62. The van der Waals surface area contributed by atoms with Gasteiger partial charge in [-0.15, -0.1) is 11.8 Å². The summed E-state index contributed by atoms with van der Waals surface area (Å²) in [5, 5.41) is 1.11. The first-order valence-electron chi connectivity index (χ1n) is 7.55. The number of rotatable bonds is 4. The summed E-state index contributed by atoms with van der Waals surface area (Å²) in [5.74, 6) is 1.38. The Labute approximate surface area is 150 Å². The maximum absolute atomic E-state index is 12.5. The molecule has 0 atom stereocenters. The van der Waals surface area contributed by atoms with Crippen LogP contribution in [-0.2, 0) is 17.0 Å². The van der Waals surface area contributed by atoms with Crippen molar-refractivity contribution in [1.82, 2.24) is 0 Å². The second kappa shape index (κ2) is 7.61. The summed E-state index contributed by atoms with van der Waals surface area (Å²) in [7, 11) is 0. The molecule has 1 aliphatic rings. The van der Waals surface area contributed by atoms with Gasteiger partial charge in [-0.25, -0.2) is 0 Å². The molecule has 1 heterocycles. The van der Waals surface area contributed by atoms with E-state index in [0.29, 0.717) is 15.8 Å². The zero-order chi connectivity index (χ0) is 16.2. The van der Waals surface area contributed by atoms with Crippen molar-refractivity contribution in [3.63, 3.8) is 0 Å². The van der Waals surface area contributed by atoms with E-state index in [2.05, 4.69) is 6.07 Å². The molecule has 0 saturated heterocycles. The normalized spacial score (nSPS) is 13.7. The molecule has 5 heteroatoms. The standard InChI is InChI=1S/C18H17Cl2NOS/c19-15-8-7-13(10-16(15)20)11-23-12-18(22)21-9-3-5-14-4-1-2-6-17(14)21/h1-2,4,6-8,10H,3,5,9,11-12H2. The molecule has 0 spiro atoms. The van der Waals surface area contributed by atoms with Crippen LogP contribution in [-0.4, -0.2) is 18.2 Å². The predicted octanol–water partition coefficient (Wildman–Crippen LogP) is 5.21. The average molecular weight is 366 g/mol. The Balaban J connectivity index is 1.59. The van der Waals surface area contributed by atoms with E-state index in [1.807, 2.05) is 35.2 Å². The second-order valence-corrected chi connectivity index (χ2v) is 7.32. The highest BCUT2D eigenvalue weighted by Crippen LogP contribution is 2.28. The SMILES string of the molecule is O=C(CSCc1ccc(Cl)c(Cl)c1)N1CCCc2ccccc21. The van der Waals surface area contributed by atoms with E-state index in [0.717, 1.165) is 36.4 Å². The average Bonchev–Trinajstić information content (AvgIpc) is 2.57. The molecule has 2 aromatic carbocycles. The molecular formula is C18H17Cl2NOS. The monoisotopic (exact) mass is 365 g/mol. The van der Waals surface area contributed by atoms with Crippen molar-refractivity contribution in [2.24, 2.45) is 0 Å². The van der Waals surface area contributed by atoms with Crippen molar-refractivity contribution >= 4 is 46.6 Å². The summed E-state index contributed by atoms with van der Waals surface area (Å²) >= 11 is 13.5. The smallest absolute Gasteiger partial charge is 0.236 e. The number of aryl methyl sites for hydroxylation is 1. The summed E-state index contributed by atoms with van der Waals surface area (Å²) in [5.41, 5.74) is 3.41. The van der Waals surface area contributed by atoms with Crippen molar-refractivity contribution in [2.75, 3.05) is 17.2 Å². The minimum Gasteiger partial charge on any atom is -0.311 e. The number of thioether (sulfide) groups is 1. The summed E-state index contributed by atoms with van der Waals surface area (Å²) < 4.78 is 0. The second-order valence-electron chi connectivity index (χ2n) is 5.52. The van der Waals surface area contributed by atoms with Gasteiger partial charge in [0.2, 0.25) is 5.91 Å². The van der Waals surface area contributed by atoms with Crippen molar-refractivity contribution in [3.8, 4) is 0 Å². The molecule has 2 nitrogen and oxygen atoms in total. The van der Waals surface area contributed by atoms with Crippen LogP contribution in [0.25, 0.3) is 0 Å². The lowest BCUT2D eigenvalue weighted by molar-refractivity contribution is -0.116. The third kappa shape index (κ3) is 4.03. The van der Waals surface area contributed by atoms with Gasteiger partial charge in [0, 0.05) is 18.0 Å². The third-order valence-electron chi connectivity index (χ3n) is 3.89. The Bertz CT molecular complexity index is 720. The predicted molar refractivity (Wildman–Crippen MR) is 99.7 cm³/mol. The van der Waals surface area contributed by atoms with Gasteiger partial charge in [0.15, 0.2) is 0 Å². The lowest BCUT2D eigenvalue weighted by atomic mass is 10.0. The largest absolute Gasteiger partial charge is 0.311 e. The lowest BCUT2D eigenvalue weighted by Crippen LogP contribution is -2.36. The fourth-order valence-corrected chi connectivity index (χ4v) is 3.92. The molecule has 3 rings (SSSR count). The highest BCUT2D eigenvalue weighted by molar-refractivity contribution is 7.99. The summed E-state index contributed by atoms with van der Waals surface area (Å²) in [6.45, 7) is 0.809. The number of para-hydroxylation sites is 1. The van der Waals surface area contributed by atoms with Crippen molar-refractivity contribution < 1.29 is 4.79 Å². The highest BCUT2D eigenvalue weighted by Gasteiger charge is 2.21. The number of hydrogen-bond donors (Lipinski definition) is 0. The summed E-state index contributed by atoms with van der Waals surface area (Å²) in [6.07, 6.45) is 2.08. The van der Waals surface area contributed by atoms with Crippen LogP contribution in [0.15, 0.2) is 42.5 Å². The first-order chi connectivity index (χ1) is 11.1. The van der Waals surface area contributed by atoms with Gasteiger partial charge in [-0.2, -0.15) is 0 Å². The fourth-order valence-electron chi connectivity index (χ4n) is 2.76. The Morgan fingerprint density at radius 1 is 1.13 bits per heavy atom. The first kappa shape index (κ1) is 16.7. The van der Waals surface area contributed by atoms with E-state index in [-0.39, 0.29) is 5.91 Å². The van der Waals surface area contributed by atoms with Gasteiger partial charge in [-0.05, 0) is 42.2 Å². The molecule has 0 bridgehead atoms. The minimum absolute atomic E-state index is 0.169. The molecular weight excluding hydrogens is 349 g/mol. The number of carbonyl (C=O) groups is 1. The number of amides is 1. The van der Waals surface area contributed by atoms with Crippen LogP contribution in [0.2, 0.25) is 10.0 Å². The van der Waals surface area contributed by atoms with Gasteiger partial charge in [-0.1, -0.05) is 47.5 Å². The summed E-state index contributed by atoms with van der Waals surface area (Å²) in [6, 6.07) is 13.8. The van der Waals surface area contributed by atoms with Crippen LogP contribution >= 0.6 is 35.0 Å². The Morgan fingerprint density at radius 3 is 2.78 bits per heavy atom. The maximum Gasteiger partial charge on any atom is 0.236 e. The zero-order valence-electron chi connectivity index (χ0n) is 12.6. The number of carbonyl (C=O) groups excluding carboxylic acids is 1. The van der Waals surface area contributed by atoms with Crippen LogP contribution in [0.1, 0.15) is 17.5 Å². The Hall–Kier alpha value is -1.16. The van der Waals surface area contributed by atoms with Gasteiger partial charge in [0.25, 0.3) is 0 Å². The molecule has 1 amide bonds. The zero-order valence-corrected chi connectivity index (χ0v) is 14.9. The minimum atomic E-state index is 0.169. The topological polar surface area (TPSA) is 20.3 Å². The van der Waals surface area contributed by atoms with E-state index in [9.17, 15) is 4.79 Å². The molecule has 0 aromatic heterocycles. The molecule has 23 heavy (non-hydrogen) atoms. The molecule has 1 aliphatic heterocycles. The summed E-state index contributed by atoms with van der Waals surface area (Å²) in [4.78, 5) is 14.4. The molecule has 0 fully saturated rings. The highest BCUT2D eigenvalue weighted by atomic mass is 35.5. The number of halogens is 2. The van der Waals surface area contributed by atoms with Crippen molar-refractivity contribution in [2.45, 2.75) is 18.6 Å². The van der Waals surface area contributed by atoms with Crippen molar-refractivity contribution in [3.05, 3.63) is 63.6 Å². The van der Waals surface area contributed by atoms with Crippen LogP contribution < -0.4 is 4.90 Å². The van der Waals surface area contributed by atoms with Crippen LogP contribution in [0.4, 0.5) is 5.69 Å². The maximum atomic E-state index is 12.5. The molecule has 120 valence electrons. The number of fused-ring (bicyclic) bond motifs is 1. The van der Waals surface area contributed by atoms with Crippen LogP contribution in [0.5, 0.6) is 0 Å². The number of hydrogen-bond acceptors (Lipinski definition) is 2. The van der Waals surface area contributed by atoms with E-state index >= 15 is 0 Å². The van der Waals surface area contributed by atoms with Crippen molar-refractivity contribution in [1.29, 1.82) is 0 Å². The lowest BCUT2D eigenvalue weighted by Gasteiger charge is -2.29. The van der Waals surface area contributed by atoms with E-state index in [1.165, 1.54) is 5.56 Å². The number of anilines is 1. The Morgan fingerprint density at radius 2 is 1.96 bits per heavy atom. The molecule has 0 unspecified atom stereocenters. The fraction of sp³-hybridized carbons (Fsp3) is 0.278. The molecule has 0 radical (unpaired) electrons. The first-order valence-corrected chi connectivity index (χ1v) is 9.46. The van der Waals surface area contributed by atoms with E-state index < -0.39 is 0 Å². The van der Waals surface area contributed by atoms with Gasteiger partial charge < -0.3 is 4.90 Å². The number of nitrogens with zero attached hydrogens (tertiary/aromatic N) is 1. The van der Waals surface area contributed by atoms with E-state index in [1.54, 1.807) is 17.8 Å². The van der Waals surface area contributed by atoms with E-state index in [4.69, 9.17) is 23.2 Å². The molecule has 0 N–H and O–H groups in total. The van der Waals surface area contributed by atoms with Gasteiger partial charge in [0.05, 0.1) is 15.8 Å².